The van der Waals surface area contributed by atoms with Crippen LogP contribution in [0.15, 0.2) is 66.9 Å². The summed E-state index contributed by atoms with van der Waals surface area (Å²) in [4.78, 5) is 29.7. The normalized spacial score (nSPS) is 17.3. The molecule has 1 aromatic heterocycles. The molecule has 2 aromatic carbocycles. The number of anilines is 2. The van der Waals surface area contributed by atoms with Crippen LogP contribution >= 0.6 is 0 Å². The Morgan fingerprint density at radius 3 is 2.43 bits per heavy atom. The van der Waals surface area contributed by atoms with Crippen molar-refractivity contribution in [3.8, 4) is 0 Å². The largest absolute Gasteiger partial charge is 0.418 e. The zero-order valence-electron chi connectivity index (χ0n) is 20.2. The number of ether oxygens (including phenoxy) is 1. The van der Waals surface area contributed by atoms with Gasteiger partial charge in [-0.1, -0.05) is 24.3 Å². The molecule has 0 saturated carbocycles. The molecule has 1 saturated heterocycles. The summed E-state index contributed by atoms with van der Waals surface area (Å²) in [6, 6.07) is 15.4. The minimum atomic E-state index is -4.47. The van der Waals surface area contributed by atoms with Gasteiger partial charge in [-0.25, -0.2) is 0 Å². The van der Waals surface area contributed by atoms with Gasteiger partial charge in [-0.05, 0) is 55.3 Å². The molecule has 0 radical (unpaired) electrons. The van der Waals surface area contributed by atoms with E-state index >= 15 is 0 Å². The maximum absolute atomic E-state index is 13.2. The Kier molecular flexibility index (Phi) is 7.77. The van der Waals surface area contributed by atoms with Gasteiger partial charge in [-0.15, -0.1) is 0 Å². The van der Waals surface area contributed by atoms with Gasteiger partial charge in [0.2, 0.25) is 5.91 Å². The SMILES string of the molecule is Cc1ccc(C(=O)NC[C@@]2(C(=O)NCc3ccc(Nc4ccccc4C(F)(F)F)cc3)CCOC2)cn1. The highest BCUT2D eigenvalue weighted by atomic mass is 19.4. The van der Waals surface area contributed by atoms with Crippen LogP contribution in [0.25, 0.3) is 0 Å². The first-order valence-corrected chi connectivity index (χ1v) is 11.8. The molecule has 194 valence electrons. The first kappa shape index (κ1) is 26.2. The predicted molar refractivity (Wildman–Crippen MR) is 132 cm³/mol. The van der Waals surface area contributed by atoms with Crippen LogP contribution in [-0.2, 0) is 22.3 Å². The molecular weight excluding hydrogens is 485 g/mol. The maximum Gasteiger partial charge on any atom is 0.418 e. The lowest BCUT2D eigenvalue weighted by Crippen LogP contribution is -2.48. The van der Waals surface area contributed by atoms with E-state index in [1.54, 1.807) is 36.4 Å². The molecule has 1 fully saturated rings. The molecule has 4 rings (SSSR count). The van der Waals surface area contributed by atoms with Crippen molar-refractivity contribution >= 4 is 23.2 Å². The number of aromatic nitrogens is 1. The summed E-state index contributed by atoms with van der Waals surface area (Å²) in [7, 11) is 0. The Balaban J connectivity index is 1.35. The van der Waals surface area contributed by atoms with Crippen molar-refractivity contribution in [3.63, 3.8) is 0 Å². The number of halogens is 3. The molecule has 3 N–H and O–H groups in total. The third-order valence-corrected chi connectivity index (χ3v) is 6.26. The number of hydrogen-bond acceptors (Lipinski definition) is 5. The quantitative estimate of drug-likeness (QED) is 0.410. The topological polar surface area (TPSA) is 92.4 Å². The Morgan fingerprint density at radius 1 is 1.03 bits per heavy atom. The van der Waals surface area contributed by atoms with Crippen molar-refractivity contribution in [2.24, 2.45) is 5.41 Å². The number of benzene rings is 2. The number of nitrogens with zero attached hydrogens (tertiary/aromatic N) is 1. The molecule has 0 spiro atoms. The third kappa shape index (κ3) is 6.45. The van der Waals surface area contributed by atoms with Crippen LogP contribution in [0, 0.1) is 12.3 Å². The summed E-state index contributed by atoms with van der Waals surface area (Å²) in [6.45, 7) is 2.76. The van der Waals surface area contributed by atoms with E-state index in [0.29, 0.717) is 24.3 Å². The lowest BCUT2D eigenvalue weighted by molar-refractivity contribution is -0.137. The second kappa shape index (κ2) is 11.0. The smallest absolute Gasteiger partial charge is 0.380 e. The molecule has 2 amide bonds. The number of carbonyl (C=O) groups is 2. The Morgan fingerprint density at radius 2 is 1.78 bits per heavy atom. The van der Waals surface area contributed by atoms with Gasteiger partial charge < -0.3 is 20.7 Å². The molecule has 0 bridgehead atoms. The van der Waals surface area contributed by atoms with Gasteiger partial charge in [0, 0.05) is 37.3 Å². The van der Waals surface area contributed by atoms with Crippen molar-refractivity contribution < 1.29 is 27.5 Å². The fourth-order valence-electron chi connectivity index (χ4n) is 4.03. The summed E-state index contributed by atoms with van der Waals surface area (Å²) in [6.07, 6.45) is -2.51. The summed E-state index contributed by atoms with van der Waals surface area (Å²) in [5.74, 6) is -0.560. The third-order valence-electron chi connectivity index (χ3n) is 6.26. The molecule has 1 aliphatic heterocycles. The molecule has 0 unspecified atom stereocenters. The molecule has 10 heteroatoms. The van der Waals surface area contributed by atoms with Gasteiger partial charge in [0.25, 0.3) is 5.91 Å². The first-order chi connectivity index (χ1) is 17.7. The summed E-state index contributed by atoms with van der Waals surface area (Å²) >= 11 is 0. The van der Waals surface area contributed by atoms with E-state index in [2.05, 4.69) is 20.9 Å². The number of nitrogens with one attached hydrogen (secondary N) is 3. The van der Waals surface area contributed by atoms with E-state index in [0.717, 1.165) is 17.3 Å². The van der Waals surface area contributed by atoms with E-state index in [4.69, 9.17) is 4.74 Å². The maximum atomic E-state index is 13.2. The standard InChI is InChI=1S/C27H27F3N4O3/c1-18-6-9-20(15-31-18)24(35)33-16-26(12-13-37-17-26)25(36)32-14-19-7-10-21(11-8-19)34-23-5-3-2-4-22(23)27(28,29)30/h2-11,15,34H,12-14,16-17H2,1H3,(H,32,36)(H,33,35)/t26-/m0/s1. The molecule has 7 nitrogen and oxygen atoms in total. The molecule has 3 aromatic rings. The van der Waals surface area contributed by atoms with Crippen LogP contribution in [0.1, 0.15) is 33.6 Å². The van der Waals surface area contributed by atoms with Crippen molar-refractivity contribution in [2.45, 2.75) is 26.1 Å². The highest BCUT2D eigenvalue weighted by Crippen LogP contribution is 2.36. The lowest BCUT2D eigenvalue weighted by atomic mass is 9.86. The Hall–Kier alpha value is -3.92. The van der Waals surface area contributed by atoms with Gasteiger partial charge in [-0.3, -0.25) is 14.6 Å². The van der Waals surface area contributed by atoms with Gasteiger partial charge >= 0.3 is 6.18 Å². The molecule has 2 heterocycles. The number of carbonyl (C=O) groups excluding carboxylic acids is 2. The minimum absolute atomic E-state index is 0.0392. The van der Waals surface area contributed by atoms with Crippen LogP contribution in [0.4, 0.5) is 24.5 Å². The fourth-order valence-corrected chi connectivity index (χ4v) is 4.03. The predicted octanol–water partition coefficient (Wildman–Crippen LogP) is 4.61. The summed E-state index contributed by atoms with van der Waals surface area (Å²) in [5, 5.41) is 8.51. The van der Waals surface area contributed by atoms with Gasteiger partial charge in [0.15, 0.2) is 0 Å². The van der Waals surface area contributed by atoms with E-state index in [1.165, 1.54) is 24.4 Å². The number of rotatable bonds is 8. The van der Waals surface area contributed by atoms with Crippen molar-refractivity contribution in [2.75, 3.05) is 25.1 Å². The summed E-state index contributed by atoms with van der Waals surface area (Å²) in [5.41, 5.74) is 0.783. The van der Waals surface area contributed by atoms with Gasteiger partial charge in [0.05, 0.1) is 28.8 Å². The lowest BCUT2D eigenvalue weighted by Gasteiger charge is -2.26. The monoisotopic (exact) mass is 512 g/mol. The minimum Gasteiger partial charge on any atom is -0.380 e. The zero-order chi connectivity index (χ0) is 26.5. The van der Waals surface area contributed by atoms with Crippen molar-refractivity contribution in [3.05, 3.63) is 89.2 Å². The zero-order valence-corrected chi connectivity index (χ0v) is 20.2. The number of amides is 2. The van der Waals surface area contributed by atoms with Gasteiger partial charge in [0.1, 0.15) is 0 Å². The van der Waals surface area contributed by atoms with Crippen molar-refractivity contribution in [1.82, 2.24) is 15.6 Å². The molecule has 0 aliphatic carbocycles. The highest BCUT2D eigenvalue weighted by Gasteiger charge is 2.42. The summed E-state index contributed by atoms with van der Waals surface area (Å²) < 4.78 is 45.2. The van der Waals surface area contributed by atoms with Crippen LogP contribution in [0.5, 0.6) is 0 Å². The average molecular weight is 513 g/mol. The van der Waals surface area contributed by atoms with Crippen LogP contribution in [-0.4, -0.2) is 36.6 Å². The molecular formula is C27H27F3N4O3. The number of pyridine rings is 1. The van der Waals surface area contributed by atoms with Crippen LogP contribution < -0.4 is 16.0 Å². The highest BCUT2D eigenvalue weighted by molar-refractivity contribution is 5.94. The molecule has 1 aliphatic rings. The van der Waals surface area contributed by atoms with E-state index in [-0.39, 0.29) is 37.2 Å². The second-order valence-electron chi connectivity index (χ2n) is 9.00. The van der Waals surface area contributed by atoms with E-state index < -0.39 is 17.2 Å². The van der Waals surface area contributed by atoms with Crippen LogP contribution in [0.2, 0.25) is 0 Å². The molecule has 1 atom stereocenters. The Labute approximate surface area is 212 Å². The number of para-hydroxylation sites is 1. The van der Waals surface area contributed by atoms with Crippen LogP contribution in [0.3, 0.4) is 0 Å². The number of aryl methyl sites for hydroxylation is 1. The van der Waals surface area contributed by atoms with E-state index in [1.807, 2.05) is 6.92 Å². The second-order valence-corrected chi connectivity index (χ2v) is 9.00. The average Bonchev–Trinajstić information content (AvgIpc) is 3.37. The number of hydrogen-bond donors (Lipinski definition) is 3. The Bertz CT molecular complexity index is 1240. The first-order valence-electron chi connectivity index (χ1n) is 11.8. The van der Waals surface area contributed by atoms with E-state index in [9.17, 15) is 22.8 Å². The van der Waals surface area contributed by atoms with Crippen molar-refractivity contribution in [1.29, 1.82) is 0 Å². The fraction of sp³-hybridized carbons (Fsp3) is 0.296. The number of alkyl halides is 3. The molecule has 37 heavy (non-hydrogen) atoms. The van der Waals surface area contributed by atoms with Gasteiger partial charge in [-0.2, -0.15) is 13.2 Å².